The topological polar surface area (TPSA) is 75.7 Å². The summed E-state index contributed by atoms with van der Waals surface area (Å²) in [4.78, 5) is 14.9. The molecule has 2 fully saturated rings. The third kappa shape index (κ3) is 9.91. The number of halogens is 1. The van der Waals surface area contributed by atoms with E-state index in [1.54, 1.807) is 0 Å². The van der Waals surface area contributed by atoms with Crippen LogP contribution in [0.25, 0.3) is 0 Å². The number of likely N-dealkylation sites (tertiary alicyclic amines) is 1. The van der Waals surface area contributed by atoms with Crippen LogP contribution in [0.15, 0.2) is 54.6 Å². The van der Waals surface area contributed by atoms with E-state index in [0.717, 1.165) is 49.0 Å². The van der Waals surface area contributed by atoms with Gasteiger partial charge in [0, 0.05) is 32.1 Å². The Kier molecular flexibility index (Phi) is 11.2. The number of alkyl halides is 1. The summed E-state index contributed by atoms with van der Waals surface area (Å²) in [7, 11) is -3.07. The first-order chi connectivity index (χ1) is 18.9. The Hall–Kier alpha value is -2.45. The van der Waals surface area contributed by atoms with Crippen molar-refractivity contribution in [2.75, 3.05) is 25.4 Å². The van der Waals surface area contributed by atoms with Gasteiger partial charge in [-0.2, -0.15) is 0 Å². The van der Waals surface area contributed by atoms with Crippen molar-refractivity contribution in [3.63, 3.8) is 0 Å². The molecule has 2 aliphatic rings. The number of carbonyl (C=O) groups is 1. The molecule has 1 aliphatic carbocycles. The zero-order valence-electron chi connectivity index (χ0n) is 22.9. The fraction of sp³-hybridized carbons (Fsp3) is 0.581. The lowest BCUT2D eigenvalue weighted by atomic mass is 10.0. The van der Waals surface area contributed by atoms with Crippen LogP contribution in [0.1, 0.15) is 68.9 Å². The van der Waals surface area contributed by atoms with E-state index in [-0.39, 0.29) is 23.0 Å². The highest BCUT2D eigenvalue weighted by Crippen LogP contribution is 2.25. The summed E-state index contributed by atoms with van der Waals surface area (Å²) in [5.41, 5.74) is 2.18. The minimum Gasteiger partial charge on any atom is -0.489 e. The Bertz CT molecular complexity index is 1120. The number of unbranched alkanes of at least 4 members (excludes halogenated alkanes) is 1. The highest BCUT2D eigenvalue weighted by atomic mass is 32.2. The maximum atomic E-state index is 13.8. The molecule has 0 spiro atoms. The minimum absolute atomic E-state index is 0.0751. The van der Waals surface area contributed by atoms with Gasteiger partial charge in [-0.25, -0.2) is 12.8 Å². The van der Waals surface area contributed by atoms with Crippen LogP contribution in [0.4, 0.5) is 4.39 Å². The summed E-state index contributed by atoms with van der Waals surface area (Å²) >= 11 is 0. The van der Waals surface area contributed by atoms with Crippen molar-refractivity contribution in [2.24, 2.45) is 0 Å². The molecule has 4 rings (SSSR count). The molecule has 1 N–H and O–H groups in total. The summed E-state index contributed by atoms with van der Waals surface area (Å²) in [6.07, 6.45) is 6.39. The molecule has 2 atom stereocenters. The molecule has 1 heterocycles. The number of nitrogens with zero attached hydrogens (tertiary/aromatic N) is 1. The van der Waals surface area contributed by atoms with Crippen molar-refractivity contribution in [3.8, 4) is 5.75 Å². The van der Waals surface area contributed by atoms with Gasteiger partial charge in [-0.1, -0.05) is 61.7 Å². The molecule has 39 heavy (non-hydrogen) atoms. The van der Waals surface area contributed by atoms with E-state index >= 15 is 0 Å². The quantitative estimate of drug-likeness (QED) is 0.321. The van der Waals surface area contributed by atoms with Crippen molar-refractivity contribution in [1.29, 1.82) is 0 Å². The van der Waals surface area contributed by atoms with Gasteiger partial charge in [-0.3, -0.25) is 9.69 Å². The predicted octanol–water partition coefficient (Wildman–Crippen LogP) is 5.25. The first kappa shape index (κ1) is 29.5. The molecule has 0 unspecified atom stereocenters. The number of ether oxygens (including phenoxy) is 1. The van der Waals surface area contributed by atoms with Crippen LogP contribution in [-0.4, -0.2) is 62.1 Å². The van der Waals surface area contributed by atoms with Crippen LogP contribution in [0, 0.1) is 0 Å². The molecular weight excluding hydrogens is 515 g/mol. The lowest BCUT2D eigenvalue weighted by Crippen LogP contribution is -2.44. The van der Waals surface area contributed by atoms with E-state index < -0.39 is 16.0 Å². The van der Waals surface area contributed by atoms with E-state index in [1.807, 2.05) is 54.6 Å². The van der Waals surface area contributed by atoms with Crippen molar-refractivity contribution in [2.45, 2.75) is 88.3 Å². The molecule has 1 saturated carbocycles. The standard InChI is InChI=1S/C31H43FN2O4S/c32-27-18-19-34(22-27)23-28(21-25-14-16-29(17-15-25)38-24-26-9-3-1-4-10-26)33-31(35)13-7-8-20-39(36,37)30-11-5-2-6-12-30/h1,3-4,9-10,14-17,27-28,30H,2,5-8,11-13,18-24H2,(H,33,35)/t27-,28+/m1/s1. The van der Waals surface area contributed by atoms with E-state index in [0.29, 0.717) is 58.3 Å². The van der Waals surface area contributed by atoms with Gasteiger partial charge in [-0.15, -0.1) is 0 Å². The number of rotatable bonds is 14. The molecule has 8 heteroatoms. The zero-order chi connectivity index (χ0) is 27.5. The lowest BCUT2D eigenvalue weighted by Gasteiger charge is -2.25. The van der Waals surface area contributed by atoms with Gasteiger partial charge in [0.15, 0.2) is 9.84 Å². The number of hydrogen-bond acceptors (Lipinski definition) is 5. The number of amides is 1. The van der Waals surface area contributed by atoms with Crippen LogP contribution in [0.3, 0.4) is 0 Å². The van der Waals surface area contributed by atoms with E-state index in [1.165, 1.54) is 0 Å². The van der Waals surface area contributed by atoms with Gasteiger partial charge in [0.25, 0.3) is 0 Å². The summed E-state index contributed by atoms with van der Waals surface area (Å²) in [5.74, 6) is 0.874. The van der Waals surface area contributed by atoms with Gasteiger partial charge < -0.3 is 10.1 Å². The van der Waals surface area contributed by atoms with E-state index in [2.05, 4.69) is 10.2 Å². The number of hydrogen-bond donors (Lipinski definition) is 1. The van der Waals surface area contributed by atoms with Gasteiger partial charge in [0.1, 0.15) is 18.5 Å². The summed E-state index contributed by atoms with van der Waals surface area (Å²) in [6.45, 7) is 2.19. The van der Waals surface area contributed by atoms with Crippen LogP contribution in [-0.2, 0) is 27.7 Å². The average Bonchev–Trinajstić information content (AvgIpc) is 3.36. The maximum Gasteiger partial charge on any atom is 0.220 e. The van der Waals surface area contributed by atoms with Crippen LogP contribution < -0.4 is 10.1 Å². The molecule has 0 bridgehead atoms. The van der Waals surface area contributed by atoms with Gasteiger partial charge in [0.2, 0.25) is 5.91 Å². The Morgan fingerprint density at radius 2 is 1.72 bits per heavy atom. The van der Waals surface area contributed by atoms with E-state index in [9.17, 15) is 17.6 Å². The molecule has 0 radical (unpaired) electrons. The van der Waals surface area contributed by atoms with Gasteiger partial charge in [0.05, 0.1) is 11.0 Å². The highest BCUT2D eigenvalue weighted by Gasteiger charge is 2.27. The van der Waals surface area contributed by atoms with Crippen LogP contribution >= 0.6 is 0 Å². The third-order valence-corrected chi connectivity index (χ3v) is 10.2. The zero-order valence-corrected chi connectivity index (χ0v) is 23.7. The van der Waals surface area contributed by atoms with Gasteiger partial charge in [-0.05, 0) is 61.8 Å². The number of carbonyl (C=O) groups excluding carboxylic acids is 1. The van der Waals surface area contributed by atoms with Crippen LogP contribution in [0.5, 0.6) is 5.75 Å². The predicted molar refractivity (Wildman–Crippen MR) is 153 cm³/mol. The Morgan fingerprint density at radius 3 is 2.41 bits per heavy atom. The number of sulfone groups is 1. The minimum atomic E-state index is -3.07. The number of nitrogens with one attached hydrogen (secondary N) is 1. The second-order valence-electron chi connectivity index (χ2n) is 11.1. The van der Waals surface area contributed by atoms with Crippen molar-refractivity contribution < 1.29 is 22.3 Å². The van der Waals surface area contributed by atoms with Crippen molar-refractivity contribution in [1.82, 2.24) is 10.2 Å². The summed E-state index contributed by atoms with van der Waals surface area (Å²) in [5, 5.41) is 2.95. The fourth-order valence-electron chi connectivity index (χ4n) is 5.65. The van der Waals surface area contributed by atoms with Crippen LogP contribution in [0.2, 0.25) is 0 Å². The normalized spacial score (nSPS) is 19.6. The van der Waals surface area contributed by atoms with E-state index in [4.69, 9.17) is 4.74 Å². The molecule has 1 aliphatic heterocycles. The number of benzene rings is 2. The molecule has 0 aromatic heterocycles. The smallest absolute Gasteiger partial charge is 0.220 e. The van der Waals surface area contributed by atoms with Crippen molar-refractivity contribution in [3.05, 3.63) is 65.7 Å². The SMILES string of the molecule is O=C(CCCCS(=O)(=O)C1CCCCC1)N[C@@H](Cc1ccc(OCc2ccccc2)cc1)CN1CC[C@@H](F)C1. The van der Waals surface area contributed by atoms with Gasteiger partial charge >= 0.3 is 0 Å². The molecule has 1 saturated heterocycles. The third-order valence-electron chi connectivity index (χ3n) is 7.86. The maximum absolute atomic E-state index is 13.8. The largest absolute Gasteiger partial charge is 0.489 e. The fourth-order valence-corrected chi connectivity index (χ4v) is 7.64. The Balaban J connectivity index is 1.25. The Labute approximate surface area is 233 Å². The molecule has 214 valence electrons. The lowest BCUT2D eigenvalue weighted by molar-refractivity contribution is -0.122. The molecule has 6 nitrogen and oxygen atoms in total. The first-order valence-electron chi connectivity index (χ1n) is 14.5. The summed E-state index contributed by atoms with van der Waals surface area (Å²) < 4.78 is 44.9. The second kappa shape index (κ2) is 14.8. The molecular formula is C31H43FN2O4S. The summed E-state index contributed by atoms with van der Waals surface area (Å²) in [6, 6.07) is 17.8. The Morgan fingerprint density at radius 1 is 0.974 bits per heavy atom. The highest BCUT2D eigenvalue weighted by molar-refractivity contribution is 7.92. The van der Waals surface area contributed by atoms with Crippen molar-refractivity contribution >= 4 is 15.7 Å². The second-order valence-corrected chi connectivity index (χ2v) is 13.5. The average molecular weight is 559 g/mol. The molecule has 2 aromatic rings. The molecule has 1 amide bonds. The monoisotopic (exact) mass is 558 g/mol. The first-order valence-corrected chi connectivity index (χ1v) is 16.2. The molecule has 2 aromatic carbocycles.